The number of hydrogen-bond acceptors (Lipinski definition) is 4. The van der Waals surface area contributed by atoms with Gasteiger partial charge in [-0.25, -0.2) is 0 Å². The van der Waals surface area contributed by atoms with Crippen LogP contribution in [-0.2, 0) is 9.59 Å². The van der Waals surface area contributed by atoms with Crippen LogP contribution in [0, 0.1) is 0 Å². The normalized spacial score (nSPS) is 15.8. The van der Waals surface area contributed by atoms with Crippen molar-refractivity contribution < 1.29 is 14.3 Å². The average molecular weight is 299 g/mol. The lowest BCUT2D eigenvalue weighted by molar-refractivity contribution is -0.130. The number of piperazine rings is 1. The zero-order chi connectivity index (χ0) is 12.4. The molecule has 0 bridgehead atoms. The Labute approximate surface area is 107 Å². The second-order valence-corrected chi connectivity index (χ2v) is 4.50. The average Bonchev–Trinajstić information content (AvgIpc) is 2.28. The molecule has 90 valence electrons. The third-order valence-electron chi connectivity index (χ3n) is 2.45. The van der Waals surface area contributed by atoms with Gasteiger partial charge >= 0.3 is 0 Å². The molecular weight excluding hydrogens is 288 g/mol. The fraction of sp³-hybridized carbons (Fsp3) is 0.273. The summed E-state index contributed by atoms with van der Waals surface area (Å²) in [6.07, 6.45) is 0. The number of methoxy groups -OCH3 is 1. The van der Waals surface area contributed by atoms with Gasteiger partial charge in [-0.1, -0.05) is 0 Å². The number of halogens is 1. The van der Waals surface area contributed by atoms with E-state index in [9.17, 15) is 9.59 Å². The summed E-state index contributed by atoms with van der Waals surface area (Å²) in [4.78, 5) is 24.2. The van der Waals surface area contributed by atoms with Gasteiger partial charge in [-0.05, 0) is 28.1 Å². The van der Waals surface area contributed by atoms with Gasteiger partial charge < -0.3 is 9.64 Å². The molecular formula is C11H11BrN2O3. The minimum absolute atomic E-state index is 0.177. The highest BCUT2D eigenvalue weighted by atomic mass is 79.9. The van der Waals surface area contributed by atoms with Crippen molar-refractivity contribution >= 4 is 33.4 Å². The number of rotatable bonds is 2. The Bertz CT molecular complexity index is 460. The zero-order valence-corrected chi connectivity index (χ0v) is 10.8. The van der Waals surface area contributed by atoms with E-state index in [-0.39, 0.29) is 24.9 Å². The molecule has 17 heavy (non-hydrogen) atoms. The van der Waals surface area contributed by atoms with E-state index in [0.29, 0.717) is 5.75 Å². The van der Waals surface area contributed by atoms with Crippen LogP contribution in [0.1, 0.15) is 0 Å². The highest BCUT2D eigenvalue weighted by molar-refractivity contribution is 9.10. The van der Waals surface area contributed by atoms with Gasteiger partial charge in [0.25, 0.3) is 0 Å². The predicted octanol–water partition coefficient (Wildman–Crippen LogP) is 0.920. The largest absolute Gasteiger partial charge is 0.495 e. The second-order valence-electron chi connectivity index (χ2n) is 3.65. The lowest BCUT2D eigenvalue weighted by Gasteiger charge is -2.27. The molecule has 0 aliphatic carbocycles. The van der Waals surface area contributed by atoms with E-state index in [2.05, 4.69) is 21.2 Å². The summed E-state index contributed by atoms with van der Waals surface area (Å²) in [5, 5.41) is 2.26. The van der Waals surface area contributed by atoms with Gasteiger partial charge in [0.05, 0.1) is 24.7 Å². The van der Waals surface area contributed by atoms with Crippen LogP contribution in [-0.4, -0.2) is 32.0 Å². The number of anilines is 1. The summed E-state index contributed by atoms with van der Waals surface area (Å²) in [5.74, 6) is 0.0900. The molecule has 1 aromatic carbocycles. The van der Waals surface area contributed by atoms with Crippen molar-refractivity contribution in [2.75, 3.05) is 25.1 Å². The molecule has 1 aliphatic rings. The maximum absolute atomic E-state index is 11.3. The molecule has 0 aromatic heterocycles. The van der Waals surface area contributed by atoms with E-state index in [1.165, 1.54) is 0 Å². The number of benzene rings is 1. The Balaban J connectivity index is 2.27. The molecule has 5 nitrogen and oxygen atoms in total. The van der Waals surface area contributed by atoms with Crippen LogP contribution < -0.4 is 15.0 Å². The summed E-state index contributed by atoms with van der Waals surface area (Å²) in [6.45, 7) is 0.354. The molecule has 0 saturated carbocycles. The van der Waals surface area contributed by atoms with E-state index in [0.717, 1.165) is 10.2 Å². The van der Waals surface area contributed by atoms with Gasteiger partial charge in [0, 0.05) is 11.8 Å². The zero-order valence-electron chi connectivity index (χ0n) is 9.20. The second kappa shape index (κ2) is 4.75. The van der Waals surface area contributed by atoms with Gasteiger partial charge in [0.15, 0.2) is 0 Å². The molecule has 0 unspecified atom stereocenters. The Kier molecular flexibility index (Phi) is 3.33. The first-order chi connectivity index (χ1) is 8.10. The van der Waals surface area contributed by atoms with Gasteiger partial charge in [-0.15, -0.1) is 0 Å². The fourth-order valence-corrected chi connectivity index (χ4v) is 2.07. The molecule has 1 heterocycles. The Morgan fingerprint density at radius 1 is 1.29 bits per heavy atom. The van der Waals surface area contributed by atoms with Crippen molar-refractivity contribution in [3.05, 3.63) is 22.7 Å². The number of ether oxygens (including phenoxy) is 1. The minimum Gasteiger partial charge on any atom is -0.495 e. The van der Waals surface area contributed by atoms with Gasteiger partial charge in [-0.2, -0.15) is 0 Å². The van der Waals surface area contributed by atoms with E-state index in [1.54, 1.807) is 18.1 Å². The maximum Gasteiger partial charge on any atom is 0.246 e. The highest BCUT2D eigenvalue weighted by Gasteiger charge is 2.23. The van der Waals surface area contributed by atoms with Crippen molar-refractivity contribution in [1.82, 2.24) is 5.32 Å². The van der Waals surface area contributed by atoms with Crippen molar-refractivity contribution in [3.8, 4) is 5.75 Å². The van der Waals surface area contributed by atoms with Crippen LogP contribution in [0.15, 0.2) is 22.7 Å². The molecule has 2 amide bonds. The van der Waals surface area contributed by atoms with Crippen molar-refractivity contribution in [2.45, 2.75) is 0 Å². The lowest BCUT2D eigenvalue weighted by atomic mass is 10.2. The van der Waals surface area contributed by atoms with E-state index in [4.69, 9.17) is 4.74 Å². The summed E-state index contributed by atoms with van der Waals surface area (Å²) >= 11 is 3.35. The first-order valence-electron chi connectivity index (χ1n) is 5.01. The molecule has 0 spiro atoms. The molecule has 1 fully saturated rings. The number of nitrogens with one attached hydrogen (secondary N) is 1. The van der Waals surface area contributed by atoms with Crippen LogP contribution >= 0.6 is 15.9 Å². The first-order valence-corrected chi connectivity index (χ1v) is 5.80. The van der Waals surface area contributed by atoms with E-state index in [1.807, 2.05) is 12.1 Å². The van der Waals surface area contributed by atoms with Crippen LogP contribution in [0.4, 0.5) is 5.69 Å². The van der Waals surface area contributed by atoms with Crippen molar-refractivity contribution in [3.63, 3.8) is 0 Å². The van der Waals surface area contributed by atoms with E-state index >= 15 is 0 Å². The SMILES string of the molecule is COc1cc(N2CC(=O)NC(=O)C2)ccc1Br. The molecule has 6 heteroatoms. The Hall–Kier alpha value is -1.56. The molecule has 1 aliphatic heterocycles. The van der Waals surface area contributed by atoms with Gasteiger partial charge in [0.2, 0.25) is 11.8 Å². The Morgan fingerprint density at radius 3 is 2.53 bits per heavy atom. The lowest BCUT2D eigenvalue weighted by Crippen LogP contribution is -2.51. The maximum atomic E-state index is 11.3. The third-order valence-corrected chi connectivity index (χ3v) is 3.10. The molecule has 0 atom stereocenters. The Morgan fingerprint density at radius 2 is 1.94 bits per heavy atom. The number of carbonyl (C=O) groups is 2. The topological polar surface area (TPSA) is 58.6 Å². The van der Waals surface area contributed by atoms with Crippen molar-refractivity contribution in [1.29, 1.82) is 0 Å². The summed E-state index contributed by atoms with van der Waals surface area (Å²) in [5.41, 5.74) is 0.785. The number of nitrogens with zero attached hydrogens (tertiary/aromatic N) is 1. The van der Waals surface area contributed by atoms with Crippen molar-refractivity contribution in [2.24, 2.45) is 0 Å². The number of amides is 2. The number of hydrogen-bond donors (Lipinski definition) is 1. The van der Waals surface area contributed by atoms with Gasteiger partial charge in [0.1, 0.15) is 5.75 Å². The quantitative estimate of drug-likeness (QED) is 0.825. The predicted molar refractivity (Wildman–Crippen MR) is 66.1 cm³/mol. The molecule has 0 radical (unpaired) electrons. The highest BCUT2D eigenvalue weighted by Crippen LogP contribution is 2.29. The molecule has 1 N–H and O–H groups in total. The van der Waals surface area contributed by atoms with Crippen LogP contribution in [0.2, 0.25) is 0 Å². The molecule has 2 rings (SSSR count). The number of imide groups is 1. The summed E-state index contributed by atoms with van der Waals surface area (Å²) in [6, 6.07) is 5.44. The van der Waals surface area contributed by atoms with E-state index < -0.39 is 0 Å². The third kappa shape index (κ3) is 2.58. The van der Waals surface area contributed by atoms with Crippen LogP contribution in [0.3, 0.4) is 0 Å². The molecule has 1 saturated heterocycles. The molecule has 1 aromatic rings. The van der Waals surface area contributed by atoms with Crippen LogP contribution in [0.25, 0.3) is 0 Å². The summed E-state index contributed by atoms with van der Waals surface area (Å²) < 4.78 is 6.00. The smallest absolute Gasteiger partial charge is 0.246 e. The first kappa shape index (κ1) is 11.9. The van der Waals surface area contributed by atoms with Crippen LogP contribution in [0.5, 0.6) is 5.75 Å². The minimum atomic E-state index is -0.289. The standard InChI is InChI=1S/C11H11BrN2O3/c1-17-9-4-7(2-3-8(9)12)14-5-10(15)13-11(16)6-14/h2-4H,5-6H2,1H3,(H,13,15,16). The van der Waals surface area contributed by atoms with Gasteiger partial charge in [-0.3, -0.25) is 14.9 Å². The number of carbonyl (C=O) groups excluding carboxylic acids is 2. The monoisotopic (exact) mass is 298 g/mol. The fourth-order valence-electron chi connectivity index (χ4n) is 1.66. The summed E-state index contributed by atoms with van der Waals surface area (Å²) in [7, 11) is 1.57.